The van der Waals surface area contributed by atoms with Gasteiger partial charge in [-0.2, -0.15) is 0 Å². The average molecular weight is 403 g/mol. The molecule has 1 aliphatic heterocycles. The molecular weight excluding hydrogens is 376 g/mol. The van der Waals surface area contributed by atoms with Gasteiger partial charge in [0.2, 0.25) is 5.91 Å². The van der Waals surface area contributed by atoms with Gasteiger partial charge in [-0.3, -0.25) is 4.79 Å². The lowest BCUT2D eigenvalue weighted by atomic mass is 9.73. The molecule has 1 heterocycles. The molecule has 1 aliphatic rings. The Morgan fingerprint density at radius 2 is 1.90 bits per heavy atom. The van der Waals surface area contributed by atoms with E-state index in [1.165, 1.54) is 6.07 Å². The van der Waals surface area contributed by atoms with Crippen molar-refractivity contribution < 1.29 is 23.0 Å². The number of ether oxygens (including phenoxy) is 2. The van der Waals surface area contributed by atoms with Crippen LogP contribution in [0.3, 0.4) is 0 Å². The first-order chi connectivity index (χ1) is 13.9. The SMILES string of the molecule is COC[C@@H](C)NC(=O)C1(Cc2ccccc2-c2ccc(F)c(F)c2)CCOCC1. The summed E-state index contributed by atoms with van der Waals surface area (Å²) in [6.07, 6.45) is 1.70. The highest BCUT2D eigenvalue weighted by Crippen LogP contribution is 2.38. The molecular formula is C23H27F2NO3. The molecule has 29 heavy (non-hydrogen) atoms. The molecule has 156 valence electrons. The molecule has 1 N–H and O–H groups in total. The van der Waals surface area contributed by atoms with Crippen molar-refractivity contribution >= 4 is 5.91 Å². The summed E-state index contributed by atoms with van der Waals surface area (Å²) < 4.78 is 37.8. The number of carbonyl (C=O) groups is 1. The van der Waals surface area contributed by atoms with E-state index in [0.717, 1.165) is 17.2 Å². The van der Waals surface area contributed by atoms with Crippen LogP contribution in [0.2, 0.25) is 0 Å². The fourth-order valence-corrected chi connectivity index (χ4v) is 3.90. The number of amides is 1. The number of hydrogen-bond acceptors (Lipinski definition) is 3. The van der Waals surface area contributed by atoms with Crippen LogP contribution >= 0.6 is 0 Å². The van der Waals surface area contributed by atoms with Gasteiger partial charge in [0.15, 0.2) is 11.6 Å². The second kappa shape index (κ2) is 9.46. The summed E-state index contributed by atoms with van der Waals surface area (Å²) in [7, 11) is 1.60. The summed E-state index contributed by atoms with van der Waals surface area (Å²) in [6.45, 7) is 3.37. The maximum atomic E-state index is 13.8. The zero-order valence-corrected chi connectivity index (χ0v) is 16.8. The number of methoxy groups -OCH3 is 1. The average Bonchev–Trinajstić information content (AvgIpc) is 2.71. The molecule has 0 aliphatic carbocycles. The maximum absolute atomic E-state index is 13.8. The van der Waals surface area contributed by atoms with Crippen LogP contribution in [-0.4, -0.2) is 38.9 Å². The Hall–Kier alpha value is -2.31. The minimum absolute atomic E-state index is 0.0227. The molecule has 1 saturated heterocycles. The highest BCUT2D eigenvalue weighted by molar-refractivity contribution is 5.84. The van der Waals surface area contributed by atoms with E-state index in [2.05, 4.69) is 5.32 Å². The third kappa shape index (κ3) is 5.00. The molecule has 2 aromatic rings. The summed E-state index contributed by atoms with van der Waals surface area (Å²) in [6, 6.07) is 11.4. The highest BCUT2D eigenvalue weighted by atomic mass is 19.2. The molecule has 4 nitrogen and oxygen atoms in total. The van der Waals surface area contributed by atoms with E-state index >= 15 is 0 Å². The molecule has 0 saturated carbocycles. The maximum Gasteiger partial charge on any atom is 0.227 e. The lowest BCUT2D eigenvalue weighted by Gasteiger charge is -2.37. The van der Waals surface area contributed by atoms with E-state index in [4.69, 9.17) is 9.47 Å². The molecule has 6 heteroatoms. The summed E-state index contributed by atoms with van der Waals surface area (Å²) >= 11 is 0. The predicted octanol–water partition coefficient (Wildman–Crippen LogP) is 4.12. The van der Waals surface area contributed by atoms with Crippen LogP contribution < -0.4 is 5.32 Å². The topological polar surface area (TPSA) is 47.6 Å². The molecule has 1 amide bonds. The lowest BCUT2D eigenvalue weighted by Crippen LogP contribution is -2.49. The molecule has 0 aromatic heterocycles. The van der Waals surface area contributed by atoms with Crippen LogP contribution in [0.1, 0.15) is 25.3 Å². The van der Waals surface area contributed by atoms with Gasteiger partial charge in [-0.1, -0.05) is 30.3 Å². The lowest BCUT2D eigenvalue weighted by molar-refractivity contribution is -0.137. The fourth-order valence-electron chi connectivity index (χ4n) is 3.90. The van der Waals surface area contributed by atoms with Crippen molar-refractivity contribution in [3.05, 3.63) is 59.7 Å². The number of rotatable bonds is 7. The Kier molecular flexibility index (Phi) is 6.98. The number of carbonyl (C=O) groups excluding carboxylic acids is 1. The largest absolute Gasteiger partial charge is 0.383 e. The van der Waals surface area contributed by atoms with Crippen LogP contribution in [0.15, 0.2) is 42.5 Å². The van der Waals surface area contributed by atoms with Crippen molar-refractivity contribution in [2.24, 2.45) is 5.41 Å². The van der Waals surface area contributed by atoms with Gasteiger partial charge in [-0.05, 0) is 55.0 Å². The van der Waals surface area contributed by atoms with Crippen LogP contribution in [0, 0.1) is 17.0 Å². The van der Waals surface area contributed by atoms with Crippen LogP contribution in [0.4, 0.5) is 8.78 Å². The third-order valence-corrected chi connectivity index (χ3v) is 5.50. The van der Waals surface area contributed by atoms with Crippen LogP contribution in [0.5, 0.6) is 0 Å². The Balaban J connectivity index is 1.92. The zero-order chi connectivity index (χ0) is 20.9. The van der Waals surface area contributed by atoms with E-state index in [9.17, 15) is 13.6 Å². The van der Waals surface area contributed by atoms with E-state index in [-0.39, 0.29) is 11.9 Å². The first kappa shape index (κ1) is 21.4. The van der Waals surface area contributed by atoms with Crippen LogP contribution in [0.25, 0.3) is 11.1 Å². The van der Waals surface area contributed by atoms with Crippen LogP contribution in [-0.2, 0) is 20.7 Å². The van der Waals surface area contributed by atoms with Gasteiger partial charge in [0.1, 0.15) is 0 Å². The summed E-state index contributed by atoms with van der Waals surface area (Å²) in [5.74, 6) is -1.78. The van der Waals surface area contributed by atoms with Gasteiger partial charge in [-0.15, -0.1) is 0 Å². The van der Waals surface area contributed by atoms with E-state index < -0.39 is 17.0 Å². The normalized spacial score (nSPS) is 17.0. The molecule has 3 rings (SSSR count). The summed E-state index contributed by atoms with van der Waals surface area (Å²) in [5, 5.41) is 3.06. The number of halogens is 2. The standard InChI is InChI=1S/C23H27F2NO3/c1-16(15-28-2)26-22(27)23(9-11-29-12-10-23)14-18-5-3-4-6-19(18)17-7-8-20(24)21(25)13-17/h3-8,13,16H,9-12,14-15H2,1-2H3,(H,26,27)/t16-/m1/s1. The Morgan fingerprint density at radius 1 is 1.17 bits per heavy atom. The number of benzene rings is 2. The van der Waals surface area contributed by atoms with Crippen molar-refractivity contribution in [1.82, 2.24) is 5.32 Å². The second-order valence-corrected chi connectivity index (χ2v) is 7.69. The molecule has 0 radical (unpaired) electrons. The molecule has 1 fully saturated rings. The first-order valence-electron chi connectivity index (χ1n) is 9.86. The Labute approximate surface area is 170 Å². The molecule has 0 bridgehead atoms. The minimum Gasteiger partial charge on any atom is -0.383 e. The Morgan fingerprint density at radius 3 is 2.59 bits per heavy atom. The van der Waals surface area contributed by atoms with Crippen molar-refractivity contribution in [2.75, 3.05) is 26.9 Å². The van der Waals surface area contributed by atoms with Crippen molar-refractivity contribution in [2.45, 2.75) is 32.2 Å². The van der Waals surface area contributed by atoms with Crippen molar-refractivity contribution in [3.63, 3.8) is 0 Å². The quantitative estimate of drug-likeness (QED) is 0.757. The highest BCUT2D eigenvalue weighted by Gasteiger charge is 2.41. The number of nitrogens with one attached hydrogen (secondary N) is 1. The van der Waals surface area contributed by atoms with Gasteiger partial charge in [0.05, 0.1) is 12.0 Å². The van der Waals surface area contributed by atoms with E-state index in [0.29, 0.717) is 44.6 Å². The predicted molar refractivity (Wildman–Crippen MR) is 107 cm³/mol. The monoisotopic (exact) mass is 403 g/mol. The van der Waals surface area contributed by atoms with Gasteiger partial charge in [-0.25, -0.2) is 8.78 Å². The summed E-state index contributed by atoms with van der Waals surface area (Å²) in [5.41, 5.74) is 1.70. The molecule has 0 unspecified atom stereocenters. The second-order valence-electron chi connectivity index (χ2n) is 7.69. The van der Waals surface area contributed by atoms with E-state index in [1.54, 1.807) is 13.2 Å². The molecule has 2 aromatic carbocycles. The zero-order valence-electron chi connectivity index (χ0n) is 16.8. The van der Waals surface area contributed by atoms with Gasteiger partial charge in [0.25, 0.3) is 0 Å². The van der Waals surface area contributed by atoms with Crippen molar-refractivity contribution in [3.8, 4) is 11.1 Å². The number of hydrogen-bond donors (Lipinski definition) is 1. The molecule has 0 spiro atoms. The van der Waals surface area contributed by atoms with E-state index in [1.807, 2.05) is 31.2 Å². The van der Waals surface area contributed by atoms with Crippen molar-refractivity contribution in [1.29, 1.82) is 0 Å². The Bertz CT molecular complexity index is 850. The van der Waals surface area contributed by atoms with Gasteiger partial charge >= 0.3 is 0 Å². The third-order valence-electron chi connectivity index (χ3n) is 5.50. The minimum atomic E-state index is -0.885. The van der Waals surface area contributed by atoms with Gasteiger partial charge < -0.3 is 14.8 Å². The fraction of sp³-hybridized carbons (Fsp3) is 0.435. The first-order valence-corrected chi connectivity index (χ1v) is 9.86. The summed E-state index contributed by atoms with van der Waals surface area (Å²) in [4.78, 5) is 13.2. The smallest absolute Gasteiger partial charge is 0.227 e. The molecule has 1 atom stereocenters. The van der Waals surface area contributed by atoms with Gasteiger partial charge in [0, 0.05) is 26.4 Å².